The number of aromatic nitrogens is 3. The quantitative estimate of drug-likeness (QED) is 0.194. The maximum absolute atomic E-state index is 14.1. The number of pyridine rings is 1. The standard InChI is InChI=1S/C32H28N4O5S/c1-39-26-12-6-23(7-13-26)21-35(22-24-8-14-27(40-2)15-9-24)42(37,38)28-16-10-25(11-17-28)30-29-5-3-4-19-36(29)34-31(30)32-33-18-20-41-32/h3-20H,21-22H2,1-2H3. The van der Waals surface area contributed by atoms with Gasteiger partial charge in [-0.1, -0.05) is 42.5 Å². The van der Waals surface area contributed by atoms with Crippen LogP contribution in [0.4, 0.5) is 0 Å². The van der Waals surface area contributed by atoms with Crippen LogP contribution in [0.5, 0.6) is 11.5 Å². The fraction of sp³-hybridized carbons (Fsp3) is 0.125. The van der Waals surface area contributed by atoms with Crippen molar-refractivity contribution in [2.45, 2.75) is 18.0 Å². The van der Waals surface area contributed by atoms with E-state index in [1.165, 1.54) is 10.6 Å². The molecule has 0 spiro atoms. The predicted octanol–water partition coefficient (Wildman–Crippen LogP) is 6.06. The summed E-state index contributed by atoms with van der Waals surface area (Å²) in [6.45, 7) is 0.366. The van der Waals surface area contributed by atoms with Crippen molar-refractivity contribution in [3.05, 3.63) is 121 Å². The van der Waals surface area contributed by atoms with Gasteiger partial charge in [0.1, 0.15) is 17.8 Å². The average Bonchev–Trinajstić information content (AvgIpc) is 3.70. The number of nitrogens with zero attached hydrogens (tertiary/aromatic N) is 4. The zero-order chi connectivity index (χ0) is 29.1. The van der Waals surface area contributed by atoms with E-state index in [0.29, 0.717) is 23.1 Å². The van der Waals surface area contributed by atoms with E-state index in [1.54, 1.807) is 49.2 Å². The largest absolute Gasteiger partial charge is 0.497 e. The lowest BCUT2D eigenvalue weighted by atomic mass is 10.0. The van der Waals surface area contributed by atoms with E-state index in [1.807, 2.05) is 72.9 Å². The molecule has 0 saturated heterocycles. The first-order valence-corrected chi connectivity index (χ1v) is 14.6. The van der Waals surface area contributed by atoms with Gasteiger partial charge in [0.2, 0.25) is 15.9 Å². The lowest BCUT2D eigenvalue weighted by Crippen LogP contribution is -2.30. The van der Waals surface area contributed by atoms with Gasteiger partial charge in [-0.05, 0) is 65.2 Å². The molecule has 10 heteroatoms. The highest BCUT2D eigenvalue weighted by Crippen LogP contribution is 2.35. The molecule has 3 aromatic heterocycles. The Labute approximate surface area is 243 Å². The van der Waals surface area contributed by atoms with Crippen molar-refractivity contribution in [1.82, 2.24) is 18.9 Å². The first-order valence-electron chi connectivity index (χ1n) is 13.2. The number of rotatable bonds is 10. The molecule has 0 bridgehead atoms. The summed E-state index contributed by atoms with van der Waals surface area (Å²) in [6, 6.07) is 27.4. The van der Waals surface area contributed by atoms with Gasteiger partial charge in [-0.25, -0.2) is 17.9 Å². The summed E-state index contributed by atoms with van der Waals surface area (Å²) >= 11 is 0. The highest BCUT2D eigenvalue weighted by Gasteiger charge is 2.26. The van der Waals surface area contributed by atoms with Crippen LogP contribution in [0.25, 0.3) is 28.2 Å². The van der Waals surface area contributed by atoms with E-state index >= 15 is 0 Å². The zero-order valence-electron chi connectivity index (χ0n) is 23.0. The number of hydrogen-bond acceptors (Lipinski definition) is 7. The van der Waals surface area contributed by atoms with Crippen LogP contribution in [-0.4, -0.2) is 41.5 Å². The monoisotopic (exact) mass is 580 g/mol. The minimum absolute atomic E-state index is 0.183. The summed E-state index contributed by atoms with van der Waals surface area (Å²) in [7, 11) is -0.696. The van der Waals surface area contributed by atoms with Crippen molar-refractivity contribution >= 4 is 15.5 Å². The molecule has 6 rings (SSSR count). The van der Waals surface area contributed by atoms with Gasteiger partial charge in [0.15, 0.2) is 5.69 Å². The molecule has 3 aromatic carbocycles. The SMILES string of the molecule is COc1ccc(CN(Cc2ccc(OC)cc2)S(=O)(=O)c2ccc(-c3c(-c4ncco4)nn4ccccc34)cc2)cc1. The molecule has 42 heavy (non-hydrogen) atoms. The summed E-state index contributed by atoms with van der Waals surface area (Å²) in [5, 5.41) is 4.67. The van der Waals surface area contributed by atoms with Crippen LogP contribution in [0.15, 0.2) is 119 Å². The highest BCUT2D eigenvalue weighted by atomic mass is 32.2. The van der Waals surface area contributed by atoms with Crippen molar-refractivity contribution in [2.75, 3.05) is 14.2 Å². The van der Waals surface area contributed by atoms with Gasteiger partial charge in [0, 0.05) is 24.8 Å². The van der Waals surface area contributed by atoms with Crippen LogP contribution < -0.4 is 9.47 Å². The van der Waals surface area contributed by atoms with Crippen LogP contribution in [0.3, 0.4) is 0 Å². The third kappa shape index (κ3) is 5.37. The Hall–Kier alpha value is -4.93. The smallest absolute Gasteiger partial charge is 0.247 e. The normalized spacial score (nSPS) is 11.7. The van der Waals surface area contributed by atoms with Crippen molar-refractivity contribution in [3.8, 4) is 34.2 Å². The molecule has 212 valence electrons. The Bertz CT molecular complexity index is 1850. The van der Waals surface area contributed by atoms with Crippen LogP contribution in [0.1, 0.15) is 11.1 Å². The summed E-state index contributed by atoms with van der Waals surface area (Å²) in [5.74, 6) is 1.79. The van der Waals surface area contributed by atoms with Crippen LogP contribution in [-0.2, 0) is 23.1 Å². The summed E-state index contributed by atoms with van der Waals surface area (Å²) in [6.07, 6.45) is 4.92. The van der Waals surface area contributed by atoms with E-state index in [2.05, 4.69) is 10.1 Å². The molecule has 0 saturated carbocycles. The fourth-order valence-electron chi connectivity index (χ4n) is 4.81. The Morgan fingerprint density at radius 2 is 1.43 bits per heavy atom. The second-order valence-corrected chi connectivity index (χ2v) is 11.5. The second kappa shape index (κ2) is 11.5. The summed E-state index contributed by atoms with van der Waals surface area (Å²) in [5.41, 5.74) is 4.69. The molecule has 0 N–H and O–H groups in total. The number of sulfonamides is 1. The average molecular weight is 581 g/mol. The van der Waals surface area contributed by atoms with Crippen LogP contribution in [0.2, 0.25) is 0 Å². The third-order valence-electron chi connectivity index (χ3n) is 6.99. The minimum Gasteiger partial charge on any atom is -0.497 e. The van der Waals surface area contributed by atoms with Crippen molar-refractivity contribution in [1.29, 1.82) is 0 Å². The highest BCUT2D eigenvalue weighted by molar-refractivity contribution is 7.89. The summed E-state index contributed by atoms with van der Waals surface area (Å²) in [4.78, 5) is 4.47. The van der Waals surface area contributed by atoms with Gasteiger partial charge in [-0.3, -0.25) is 0 Å². The van der Waals surface area contributed by atoms with Gasteiger partial charge in [0.25, 0.3) is 0 Å². The molecule has 0 unspecified atom stereocenters. The molecule has 9 nitrogen and oxygen atoms in total. The van der Waals surface area contributed by atoms with E-state index in [4.69, 9.17) is 13.9 Å². The Morgan fingerprint density at radius 1 is 0.810 bits per heavy atom. The molecular formula is C32H28N4O5S. The number of ether oxygens (including phenoxy) is 2. The maximum Gasteiger partial charge on any atom is 0.247 e. The Balaban J connectivity index is 1.36. The lowest BCUT2D eigenvalue weighted by molar-refractivity contribution is 0.397. The van der Waals surface area contributed by atoms with Crippen LogP contribution >= 0.6 is 0 Å². The third-order valence-corrected chi connectivity index (χ3v) is 8.80. The molecule has 0 atom stereocenters. The first kappa shape index (κ1) is 27.3. The number of fused-ring (bicyclic) bond motifs is 1. The second-order valence-electron chi connectivity index (χ2n) is 9.58. The van der Waals surface area contributed by atoms with Crippen molar-refractivity contribution in [2.24, 2.45) is 0 Å². The first-order chi connectivity index (χ1) is 20.5. The molecule has 6 aromatic rings. The predicted molar refractivity (Wildman–Crippen MR) is 159 cm³/mol. The van der Waals surface area contributed by atoms with Gasteiger partial charge in [-0.15, -0.1) is 0 Å². The molecule has 0 fully saturated rings. The minimum atomic E-state index is -3.89. The fourth-order valence-corrected chi connectivity index (χ4v) is 6.23. The molecular weight excluding hydrogens is 552 g/mol. The van der Waals surface area contributed by atoms with Gasteiger partial charge < -0.3 is 13.9 Å². The Morgan fingerprint density at radius 3 is 1.98 bits per heavy atom. The van der Waals surface area contributed by atoms with Gasteiger partial charge >= 0.3 is 0 Å². The maximum atomic E-state index is 14.1. The number of hydrogen-bond donors (Lipinski definition) is 0. The number of oxazole rings is 1. The molecule has 0 aliphatic heterocycles. The Kier molecular flexibility index (Phi) is 7.47. The summed E-state index contributed by atoms with van der Waals surface area (Å²) < 4.78 is 47.5. The molecule has 0 amide bonds. The van der Waals surface area contributed by atoms with Crippen molar-refractivity contribution < 1.29 is 22.3 Å². The van der Waals surface area contributed by atoms with Crippen LogP contribution in [0, 0.1) is 0 Å². The lowest BCUT2D eigenvalue weighted by Gasteiger charge is -2.23. The van der Waals surface area contributed by atoms with Crippen molar-refractivity contribution in [3.63, 3.8) is 0 Å². The molecule has 0 aliphatic carbocycles. The molecule has 0 radical (unpaired) electrons. The zero-order valence-corrected chi connectivity index (χ0v) is 23.9. The number of benzene rings is 3. The molecule has 0 aliphatic rings. The van der Waals surface area contributed by atoms with E-state index in [0.717, 1.165) is 27.8 Å². The van der Waals surface area contributed by atoms with Gasteiger partial charge in [0.05, 0.1) is 30.8 Å². The topological polar surface area (TPSA) is 99.2 Å². The van der Waals surface area contributed by atoms with E-state index in [9.17, 15) is 8.42 Å². The van der Waals surface area contributed by atoms with Gasteiger partial charge in [-0.2, -0.15) is 9.40 Å². The van der Waals surface area contributed by atoms with E-state index in [-0.39, 0.29) is 18.0 Å². The number of methoxy groups -OCH3 is 2. The molecule has 3 heterocycles. The van der Waals surface area contributed by atoms with E-state index < -0.39 is 10.0 Å².